The van der Waals surface area contributed by atoms with Crippen molar-refractivity contribution in [3.05, 3.63) is 156 Å². The van der Waals surface area contributed by atoms with Crippen molar-refractivity contribution >= 4 is 43.4 Å². The molecular formula is C40H26N2S. The van der Waals surface area contributed by atoms with Gasteiger partial charge in [0.05, 0.1) is 5.71 Å². The number of thiophene rings is 1. The Morgan fingerprint density at radius 3 is 1.86 bits per heavy atom. The van der Waals surface area contributed by atoms with Crippen LogP contribution in [0.4, 0.5) is 0 Å². The van der Waals surface area contributed by atoms with Gasteiger partial charge in [0.1, 0.15) is 12.1 Å². The Morgan fingerprint density at radius 1 is 0.465 bits per heavy atom. The third-order valence-corrected chi connectivity index (χ3v) is 10.1. The van der Waals surface area contributed by atoms with E-state index in [1.165, 1.54) is 64.7 Å². The lowest BCUT2D eigenvalue weighted by atomic mass is 9.79. The first-order chi connectivity index (χ1) is 21.3. The van der Waals surface area contributed by atoms with Crippen LogP contribution in [0.2, 0.25) is 0 Å². The van der Waals surface area contributed by atoms with Gasteiger partial charge in [-0.3, -0.25) is 9.98 Å². The summed E-state index contributed by atoms with van der Waals surface area (Å²) in [5.74, 6) is 0. The second-order valence-corrected chi connectivity index (χ2v) is 12.4. The largest absolute Gasteiger partial charge is 0.280 e. The zero-order valence-electron chi connectivity index (χ0n) is 23.3. The molecule has 2 aliphatic rings. The first kappa shape index (κ1) is 24.5. The molecule has 0 N–H and O–H groups in total. The molecule has 0 fully saturated rings. The Balaban J connectivity index is 1.10. The topological polar surface area (TPSA) is 24.7 Å². The molecular weight excluding hydrogens is 541 g/mol. The van der Waals surface area contributed by atoms with Crippen LogP contribution in [0.5, 0.6) is 0 Å². The molecule has 0 bridgehead atoms. The number of hydrogen-bond donors (Lipinski definition) is 0. The highest BCUT2D eigenvalue weighted by atomic mass is 32.1. The second-order valence-electron chi connectivity index (χ2n) is 11.3. The molecule has 9 rings (SSSR count). The lowest BCUT2D eigenvalue weighted by Gasteiger charge is -2.33. The standard InChI is InChI=1S/C40H26N2S/c1-3-17-33-30(14-1)31-15-2-4-18-34(31)39-38(33)41-24-36(42-39)28-13-8-11-26(23-28)25-10-7-12-27(22-25)29-19-9-20-35-32-16-5-6-21-37(32)43-40(29)35/h1-24,38-39H. The van der Waals surface area contributed by atoms with Crippen LogP contribution < -0.4 is 0 Å². The fourth-order valence-corrected chi connectivity index (χ4v) is 8.06. The molecule has 1 aliphatic carbocycles. The minimum absolute atomic E-state index is 0.00585. The molecule has 43 heavy (non-hydrogen) atoms. The zero-order valence-corrected chi connectivity index (χ0v) is 24.1. The van der Waals surface area contributed by atoms with E-state index in [0.29, 0.717) is 0 Å². The van der Waals surface area contributed by atoms with Gasteiger partial charge in [0.2, 0.25) is 0 Å². The Morgan fingerprint density at radius 2 is 1.05 bits per heavy atom. The average Bonchev–Trinajstić information content (AvgIpc) is 3.47. The van der Waals surface area contributed by atoms with E-state index in [1.807, 2.05) is 17.6 Å². The maximum atomic E-state index is 5.34. The van der Waals surface area contributed by atoms with E-state index in [-0.39, 0.29) is 12.1 Å². The Bertz CT molecular complexity index is 2270. The third-order valence-electron chi connectivity index (χ3n) is 8.85. The van der Waals surface area contributed by atoms with Crippen LogP contribution in [0.3, 0.4) is 0 Å². The molecule has 2 unspecified atom stereocenters. The Hall–Kier alpha value is -5.12. The molecule has 2 heterocycles. The first-order valence-corrected chi connectivity index (χ1v) is 15.5. The highest BCUT2D eigenvalue weighted by Crippen LogP contribution is 2.49. The minimum Gasteiger partial charge on any atom is -0.280 e. The third kappa shape index (κ3) is 3.93. The fraction of sp³-hybridized carbons (Fsp3) is 0.0500. The van der Waals surface area contributed by atoms with Gasteiger partial charge in [0.15, 0.2) is 0 Å². The summed E-state index contributed by atoms with van der Waals surface area (Å²) in [7, 11) is 0. The SMILES string of the molecule is C1=NC2c3ccccc3-c3ccccc3C2N=C1c1cccc(-c2cccc(-c3cccc4c3sc3ccccc34)c2)c1. The highest BCUT2D eigenvalue weighted by molar-refractivity contribution is 7.26. The lowest BCUT2D eigenvalue weighted by Crippen LogP contribution is -2.22. The van der Waals surface area contributed by atoms with Crippen molar-refractivity contribution in [2.75, 3.05) is 0 Å². The maximum absolute atomic E-state index is 5.34. The molecule has 0 amide bonds. The van der Waals surface area contributed by atoms with E-state index in [4.69, 9.17) is 9.98 Å². The molecule has 1 aliphatic heterocycles. The predicted molar refractivity (Wildman–Crippen MR) is 183 cm³/mol. The van der Waals surface area contributed by atoms with Crippen molar-refractivity contribution in [1.29, 1.82) is 0 Å². The Labute approximate surface area is 254 Å². The average molecular weight is 567 g/mol. The molecule has 2 atom stereocenters. The van der Waals surface area contributed by atoms with Gasteiger partial charge < -0.3 is 0 Å². The van der Waals surface area contributed by atoms with E-state index in [1.54, 1.807) is 0 Å². The minimum atomic E-state index is -0.0279. The number of hydrogen-bond acceptors (Lipinski definition) is 3. The lowest BCUT2D eigenvalue weighted by molar-refractivity contribution is 0.570. The van der Waals surface area contributed by atoms with Crippen molar-refractivity contribution in [3.8, 4) is 33.4 Å². The summed E-state index contributed by atoms with van der Waals surface area (Å²) >= 11 is 1.88. The highest BCUT2D eigenvalue weighted by Gasteiger charge is 2.34. The summed E-state index contributed by atoms with van der Waals surface area (Å²) in [4.78, 5) is 10.4. The smallest absolute Gasteiger partial charge is 0.103 e. The summed E-state index contributed by atoms with van der Waals surface area (Å²) in [5.41, 5.74) is 11.9. The predicted octanol–water partition coefficient (Wildman–Crippen LogP) is 10.7. The summed E-state index contributed by atoms with van der Waals surface area (Å²) in [6.45, 7) is 0. The van der Waals surface area contributed by atoms with E-state index < -0.39 is 0 Å². The Kier molecular flexibility index (Phi) is 5.53. The van der Waals surface area contributed by atoms with Gasteiger partial charge in [-0.25, -0.2) is 0 Å². The second kappa shape index (κ2) is 9.72. The normalized spacial score (nSPS) is 16.9. The number of aliphatic imine (C=N–C) groups is 2. The van der Waals surface area contributed by atoms with Crippen molar-refractivity contribution in [1.82, 2.24) is 0 Å². The van der Waals surface area contributed by atoms with Crippen LogP contribution in [0.15, 0.2) is 150 Å². The summed E-state index contributed by atoms with van der Waals surface area (Å²) in [5, 5.41) is 2.65. The summed E-state index contributed by atoms with van der Waals surface area (Å²) in [6.07, 6.45) is 1.98. The van der Waals surface area contributed by atoms with Gasteiger partial charge in [0.25, 0.3) is 0 Å². The van der Waals surface area contributed by atoms with Crippen molar-refractivity contribution in [3.63, 3.8) is 0 Å². The van der Waals surface area contributed by atoms with E-state index in [2.05, 4.69) is 140 Å². The molecule has 0 saturated heterocycles. The van der Waals surface area contributed by atoms with Crippen LogP contribution in [-0.4, -0.2) is 11.9 Å². The molecule has 0 radical (unpaired) electrons. The van der Waals surface area contributed by atoms with Crippen LogP contribution in [-0.2, 0) is 0 Å². The van der Waals surface area contributed by atoms with Gasteiger partial charge in [-0.2, -0.15) is 0 Å². The number of benzene rings is 6. The van der Waals surface area contributed by atoms with Gasteiger partial charge in [-0.15, -0.1) is 11.3 Å². The maximum Gasteiger partial charge on any atom is 0.103 e. The molecule has 6 aromatic carbocycles. The van der Waals surface area contributed by atoms with Crippen LogP contribution in [0.1, 0.15) is 28.8 Å². The molecule has 7 aromatic rings. The molecule has 202 valence electrons. The van der Waals surface area contributed by atoms with E-state index in [9.17, 15) is 0 Å². The molecule has 2 nitrogen and oxygen atoms in total. The van der Waals surface area contributed by atoms with E-state index >= 15 is 0 Å². The van der Waals surface area contributed by atoms with Gasteiger partial charge >= 0.3 is 0 Å². The van der Waals surface area contributed by atoms with Gasteiger partial charge in [0, 0.05) is 32.0 Å². The quantitative estimate of drug-likeness (QED) is 0.203. The van der Waals surface area contributed by atoms with Crippen LogP contribution in [0.25, 0.3) is 53.6 Å². The van der Waals surface area contributed by atoms with Crippen molar-refractivity contribution < 1.29 is 0 Å². The molecule has 1 aromatic heterocycles. The molecule has 3 heteroatoms. The van der Waals surface area contributed by atoms with Gasteiger partial charge in [-0.05, 0) is 62.7 Å². The molecule has 0 saturated carbocycles. The number of rotatable bonds is 3. The van der Waals surface area contributed by atoms with Crippen LogP contribution >= 0.6 is 11.3 Å². The summed E-state index contributed by atoms with van der Waals surface area (Å²) in [6, 6.07) is 50.3. The van der Waals surface area contributed by atoms with Gasteiger partial charge in [-0.1, -0.05) is 121 Å². The number of fused-ring (bicyclic) bond motifs is 9. The van der Waals surface area contributed by atoms with Crippen molar-refractivity contribution in [2.24, 2.45) is 9.98 Å². The fourth-order valence-electron chi connectivity index (χ4n) is 6.82. The molecule has 0 spiro atoms. The van der Waals surface area contributed by atoms with Crippen molar-refractivity contribution in [2.45, 2.75) is 12.1 Å². The zero-order chi connectivity index (χ0) is 28.3. The first-order valence-electron chi connectivity index (χ1n) is 14.7. The summed E-state index contributed by atoms with van der Waals surface area (Å²) < 4.78 is 2.67. The number of nitrogens with zero attached hydrogens (tertiary/aromatic N) is 2. The van der Waals surface area contributed by atoms with E-state index in [0.717, 1.165) is 11.3 Å². The van der Waals surface area contributed by atoms with Crippen LogP contribution in [0, 0.1) is 0 Å². The monoisotopic (exact) mass is 566 g/mol.